The van der Waals surface area contributed by atoms with Gasteiger partial charge in [0.15, 0.2) is 17.5 Å². The first-order valence-corrected chi connectivity index (χ1v) is 15.5. The first-order valence-electron chi connectivity index (χ1n) is 15.5. The van der Waals surface area contributed by atoms with Gasteiger partial charge in [0.25, 0.3) is 0 Å². The van der Waals surface area contributed by atoms with E-state index in [1.54, 1.807) is 0 Å². The van der Waals surface area contributed by atoms with Crippen LogP contribution in [0.5, 0.6) is 0 Å². The van der Waals surface area contributed by atoms with Crippen molar-refractivity contribution in [2.24, 2.45) is 0 Å². The molecule has 1 heterocycles. The summed E-state index contributed by atoms with van der Waals surface area (Å²) in [5.41, 5.74) is 5.28. The van der Waals surface area contributed by atoms with E-state index in [1.807, 2.05) is 24.3 Å². The molecule has 8 aromatic carbocycles. The molecule has 0 fully saturated rings. The Morgan fingerprint density at radius 3 is 1.59 bits per heavy atom. The van der Waals surface area contributed by atoms with Gasteiger partial charge in [-0.2, -0.15) is 0 Å². The van der Waals surface area contributed by atoms with Gasteiger partial charge in [-0.15, -0.1) is 0 Å². The molecule has 0 aliphatic rings. The van der Waals surface area contributed by atoms with Crippen molar-refractivity contribution in [3.8, 4) is 45.3 Å². The van der Waals surface area contributed by atoms with E-state index in [0.29, 0.717) is 17.5 Å². The van der Waals surface area contributed by atoms with Crippen LogP contribution >= 0.6 is 0 Å². The third-order valence-corrected chi connectivity index (χ3v) is 8.90. The Labute approximate surface area is 266 Å². The van der Waals surface area contributed by atoms with Crippen LogP contribution < -0.4 is 0 Å². The van der Waals surface area contributed by atoms with E-state index in [2.05, 4.69) is 140 Å². The molecule has 214 valence electrons. The molecule has 0 N–H and O–H groups in total. The molecule has 1 aromatic heterocycles. The molecular weight excluding hydrogens is 558 g/mol. The Bertz CT molecular complexity index is 2570. The van der Waals surface area contributed by atoms with E-state index in [9.17, 15) is 0 Å². The average Bonchev–Trinajstić information content (AvgIpc) is 3.14. The van der Waals surface area contributed by atoms with Crippen molar-refractivity contribution >= 4 is 43.1 Å². The first kappa shape index (κ1) is 26.2. The highest BCUT2D eigenvalue weighted by Gasteiger charge is 2.15. The van der Waals surface area contributed by atoms with Crippen molar-refractivity contribution < 1.29 is 0 Å². The Kier molecular flexibility index (Phi) is 6.14. The second kappa shape index (κ2) is 10.8. The van der Waals surface area contributed by atoms with Gasteiger partial charge in [0.2, 0.25) is 0 Å². The first-order chi connectivity index (χ1) is 22.8. The zero-order chi connectivity index (χ0) is 30.5. The van der Waals surface area contributed by atoms with Gasteiger partial charge < -0.3 is 0 Å². The molecule has 9 aromatic rings. The van der Waals surface area contributed by atoms with E-state index in [1.165, 1.54) is 38.1 Å². The highest BCUT2D eigenvalue weighted by atomic mass is 15.0. The maximum Gasteiger partial charge on any atom is 0.164 e. The normalized spacial score (nSPS) is 11.5. The molecule has 46 heavy (non-hydrogen) atoms. The largest absolute Gasteiger partial charge is 0.208 e. The molecule has 0 bridgehead atoms. The number of fused-ring (bicyclic) bond motifs is 6. The fourth-order valence-electron chi connectivity index (χ4n) is 6.60. The minimum atomic E-state index is 0.655. The predicted octanol–water partition coefficient (Wildman–Crippen LogP) is 11.2. The van der Waals surface area contributed by atoms with Crippen LogP contribution in [0.25, 0.3) is 88.4 Å². The van der Waals surface area contributed by atoms with Crippen LogP contribution in [0.3, 0.4) is 0 Å². The van der Waals surface area contributed by atoms with E-state index in [4.69, 9.17) is 15.0 Å². The molecule has 0 aliphatic carbocycles. The third kappa shape index (κ3) is 4.49. The molecule has 0 radical (unpaired) electrons. The van der Waals surface area contributed by atoms with Gasteiger partial charge in [0.1, 0.15) is 0 Å². The third-order valence-electron chi connectivity index (χ3n) is 8.90. The number of benzene rings is 8. The summed E-state index contributed by atoms with van der Waals surface area (Å²) < 4.78 is 0. The van der Waals surface area contributed by atoms with Gasteiger partial charge in [0.05, 0.1) is 0 Å². The molecule has 0 amide bonds. The van der Waals surface area contributed by atoms with Crippen molar-refractivity contribution in [2.45, 2.75) is 0 Å². The van der Waals surface area contributed by atoms with Crippen LogP contribution in [-0.2, 0) is 0 Å². The molecule has 0 spiro atoms. The van der Waals surface area contributed by atoms with Gasteiger partial charge in [-0.1, -0.05) is 152 Å². The Hall–Kier alpha value is -6.19. The van der Waals surface area contributed by atoms with Crippen LogP contribution in [0, 0.1) is 0 Å². The minimum absolute atomic E-state index is 0.655. The van der Waals surface area contributed by atoms with Crippen LogP contribution in [0.1, 0.15) is 0 Å². The summed E-state index contributed by atoms with van der Waals surface area (Å²) in [6.07, 6.45) is 0. The van der Waals surface area contributed by atoms with Gasteiger partial charge in [-0.3, -0.25) is 0 Å². The molecular formula is C43H27N3. The summed E-state index contributed by atoms with van der Waals surface area (Å²) in [5.74, 6) is 1.97. The second-order valence-electron chi connectivity index (χ2n) is 11.7. The maximum absolute atomic E-state index is 5.12. The number of hydrogen-bond donors (Lipinski definition) is 0. The smallest absolute Gasteiger partial charge is 0.164 e. The van der Waals surface area contributed by atoms with E-state index < -0.39 is 0 Å². The molecule has 9 rings (SSSR count). The molecule has 3 heteroatoms. The summed E-state index contributed by atoms with van der Waals surface area (Å²) in [7, 11) is 0. The molecule has 3 nitrogen and oxygen atoms in total. The lowest BCUT2D eigenvalue weighted by molar-refractivity contribution is 1.08. The highest BCUT2D eigenvalue weighted by Crippen LogP contribution is 2.35. The molecule has 0 aliphatic heterocycles. The van der Waals surface area contributed by atoms with Gasteiger partial charge in [-0.25, -0.2) is 15.0 Å². The summed E-state index contributed by atoms with van der Waals surface area (Å²) in [5, 5.41) is 9.65. The summed E-state index contributed by atoms with van der Waals surface area (Å²) >= 11 is 0. The van der Waals surface area contributed by atoms with Crippen molar-refractivity contribution in [1.82, 2.24) is 15.0 Å². The number of rotatable bonds is 4. The zero-order valence-electron chi connectivity index (χ0n) is 24.9. The second-order valence-corrected chi connectivity index (χ2v) is 11.7. The fourth-order valence-corrected chi connectivity index (χ4v) is 6.60. The predicted molar refractivity (Wildman–Crippen MR) is 192 cm³/mol. The van der Waals surface area contributed by atoms with Crippen LogP contribution in [-0.4, -0.2) is 15.0 Å². The lowest BCUT2D eigenvalue weighted by Crippen LogP contribution is -2.00. The van der Waals surface area contributed by atoms with E-state index >= 15 is 0 Å². The van der Waals surface area contributed by atoms with Crippen molar-refractivity contribution in [3.05, 3.63) is 164 Å². The monoisotopic (exact) mass is 585 g/mol. The summed E-state index contributed by atoms with van der Waals surface area (Å²) in [6, 6.07) is 57.6. The number of hydrogen-bond acceptors (Lipinski definition) is 3. The molecule has 0 saturated carbocycles. The van der Waals surface area contributed by atoms with Crippen molar-refractivity contribution in [3.63, 3.8) is 0 Å². The fraction of sp³-hybridized carbons (Fsp3) is 0. The van der Waals surface area contributed by atoms with Crippen LogP contribution in [0.4, 0.5) is 0 Å². The van der Waals surface area contributed by atoms with Crippen molar-refractivity contribution in [1.29, 1.82) is 0 Å². The van der Waals surface area contributed by atoms with E-state index in [0.717, 1.165) is 32.8 Å². The quantitative estimate of drug-likeness (QED) is 0.193. The number of nitrogens with zero attached hydrogens (tertiary/aromatic N) is 3. The Morgan fingerprint density at radius 2 is 0.783 bits per heavy atom. The minimum Gasteiger partial charge on any atom is -0.208 e. The molecule has 0 unspecified atom stereocenters. The Morgan fingerprint density at radius 1 is 0.261 bits per heavy atom. The van der Waals surface area contributed by atoms with E-state index in [-0.39, 0.29) is 0 Å². The average molecular weight is 586 g/mol. The van der Waals surface area contributed by atoms with Crippen LogP contribution in [0.15, 0.2) is 164 Å². The van der Waals surface area contributed by atoms with Gasteiger partial charge in [-0.05, 0) is 66.3 Å². The molecule has 0 atom stereocenters. The lowest BCUT2D eigenvalue weighted by atomic mass is 9.96. The topological polar surface area (TPSA) is 38.7 Å². The highest BCUT2D eigenvalue weighted by molar-refractivity contribution is 6.17. The standard InChI is InChI=1S/C43H27N3/c1-3-10-28(11-4-1)31-19-22-37-32(26-31)15-9-17-40(37)43-45-41(30-13-5-2-6-14-30)44-42(46-43)34-21-23-36-33(27-34)20-25-38-35-16-8-7-12-29(35)18-24-39(36)38/h1-27H. The maximum atomic E-state index is 5.12. The SMILES string of the molecule is c1ccc(-c2ccc3c(-c4nc(-c5ccccc5)nc(-c5ccc6c(ccc7c8ccccc8ccc67)c5)n4)cccc3c2)cc1. The number of aromatic nitrogens is 3. The molecule has 0 saturated heterocycles. The Balaban J connectivity index is 1.21. The zero-order valence-corrected chi connectivity index (χ0v) is 24.9. The lowest BCUT2D eigenvalue weighted by Gasteiger charge is -2.12. The summed E-state index contributed by atoms with van der Waals surface area (Å²) in [6.45, 7) is 0. The summed E-state index contributed by atoms with van der Waals surface area (Å²) in [4.78, 5) is 15.2. The van der Waals surface area contributed by atoms with Gasteiger partial charge in [0, 0.05) is 16.7 Å². The van der Waals surface area contributed by atoms with Crippen molar-refractivity contribution in [2.75, 3.05) is 0 Å². The van der Waals surface area contributed by atoms with Gasteiger partial charge >= 0.3 is 0 Å². The van der Waals surface area contributed by atoms with Crippen LogP contribution in [0.2, 0.25) is 0 Å².